The van der Waals surface area contributed by atoms with Crippen LogP contribution in [0.25, 0.3) is 0 Å². The molecule has 0 fully saturated rings. The maximum atomic E-state index is 5.63. The van der Waals surface area contributed by atoms with E-state index in [4.69, 9.17) is 10.6 Å². The van der Waals surface area contributed by atoms with Crippen LogP contribution in [0.1, 0.15) is 12.8 Å². The number of hydrogen-bond acceptors (Lipinski definition) is 4. The molecule has 0 amide bonds. The molecule has 5 heteroatoms. The highest BCUT2D eigenvalue weighted by Crippen LogP contribution is 2.29. The first kappa shape index (κ1) is 13.9. The summed E-state index contributed by atoms with van der Waals surface area (Å²) in [6.07, 6.45) is 3.99. The molecule has 0 radical (unpaired) electrons. The van der Waals surface area contributed by atoms with Crippen molar-refractivity contribution in [3.63, 3.8) is 0 Å². The van der Waals surface area contributed by atoms with Crippen LogP contribution < -0.4 is 11.3 Å². The Morgan fingerprint density at radius 1 is 1.44 bits per heavy atom. The van der Waals surface area contributed by atoms with E-state index in [1.165, 1.54) is 10.5 Å². The Balaban J connectivity index is 1.95. The number of ether oxygens (including phenoxy) is 1. The van der Waals surface area contributed by atoms with Gasteiger partial charge in [-0.25, -0.2) is 0 Å². The summed E-state index contributed by atoms with van der Waals surface area (Å²) < 4.78 is 6.49. The Morgan fingerprint density at radius 2 is 2.28 bits per heavy atom. The van der Waals surface area contributed by atoms with Gasteiger partial charge in [0.05, 0.1) is 18.9 Å². The third kappa shape index (κ3) is 3.75. The Labute approximate surface area is 120 Å². The molecule has 0 spiro atoms. The lowest BCUT2D eigenvalue weighted by Crippen LogP contribution is -2.39. The van der Waals surface area contributed by atoms with Crippen LogP contribution in [0, 0.1) is 0 Å². The standard InChI is InChI=1S/C13H17BrN2OS/c14-11-5-1-2-6-13(11)18-9-12(16-15)10-4-3-7-17-8-10/h1-2,5-6,8,12,16H,3-4,7,9,15H2. The Bertz CT molecular complexity index is 425. The van der Waals surface area contributed by atoms with Crippen LogP contribution >= 0.6 is 27.7 Å². The van der Waals surface area contributed by atoms with Crippen molar-refractivity contribution in [1.82, 2.24) is 5.43 Å². The van der Waals surface area contributed by atoms with Gasteiger partial charge in [-0.05, 0) is 46.5 Å². The largest absolute Gasteiger partial charge is 0.501 e. The van der Waals surface area contributed by atoms with Gasteiger partial charge in [-0.2, -0.15) is 0 Å². The highest BCUT2D eigenvalue weighted by atomic mass is 79.9. The van der Waals surface area contributed by atoms with Crippen LogP contribution in [-0.4, -0.2) is 18.4 Å². The lowest BCUT2D eigenvalue weighted by molar-refractivity contribution is 0.220. The number of thioether (sulfide) groups is 1. The Kier molecular flexibility index (Phi) is 5.56. The first-order chi connectivity index (χ1) is 8.81. The summed E-state index contributed by atoms with van der Waals surface area (Å²) in [5.74, 6) is 6.53. The highest BCUT2D eigenvalue weighted by molar-refractivity contribution is 9.10. The molecule has 2 rings (SSSR count). The van der Waals surface area contributed by atoms with Crippen molar-refractivity contribution >= 4 is 27.7 Å². The van der Waals surface area contributed by atoms with E-state index in [1.807, 2.05) is 18.4 Å². The number of benzene rings is 1. The zero-order chi connectivity index (χ0) is 12.8. The fraction of sp³-hybridized carbons (Fsp3) is 0.385. The molecule has 1 heterocycles. The average Bonchev–Trinajstić information content (AvgIpc) is 2.42. The van der Waals surface area contributed by atoms with E-state index in [2.05, 4.69) is 33.5 Å². The zero-order valence-corrected chi connectivity index (χ0v) is 12.5. The van der Waals surface area contributed by atoms with Crippen LogP contribution in [-0.2, 0) is 4.74 Å². The van der Waals surface area contributed by atoms with E-state index in [0.717, 1.165) is 29.7 Å². The van der Waals surface area contributed by atoms with Crippen LogP contribution in [0.2, 0.25) is 0 Å². The fourth-order valence-electron chi connectivity index (χ4n) is 1.84. The minimum absolute atomic E-state index is 0.169. The normalized spacial score (nSPS) is 16.9. The molecule has 1 unspecified atom stereocenters. The van der Waals surface area contributed by atoms with Crippen molar-refractivity contribution in [1.29, 1.82) is 0 Å². The number of hydrogen-bond donors (Lipinski definition) is 2. The van der Waals surface area contributed by atoms with Crippen molar-refractivity contribution < 1.29 is 4.74 Å². The van der Waals surface area contributed by atoms with Gasteiger partial charge in [0.1, 0.15) is 0 Å². The molecular weight excluding hydrogens is 312 g/mol. The van der Waals surface area contributed by atoms with Crippen LogP contribution in [0.4, 0.5) is 0 Å². The molecule has 1 aliphatic heterocycles. The maximum absolute atomic E-state index is 5.63. The molecule has 0 saturated carbocycles. The molecule has 18 heavy (non-hydrogen) atoms. The smallest absolute Gasteiger partial charge is 0.0876 e. The molecule has 3 nitrogen and oxygen atoms in total. The summed E-state index contributed by atoms with van der Waals surface area (Å²) >= 11 is 5.34. The van der Waals surface area contributed by atoms with Gasteiger partial charge in [0.25, 0.3) is 0 Å². The minimum Gasteiger partial charge on any atom is -0.501 e. The summed E-state index contributed by atoms with van der Waals surface area (Å²) in [4.78, 5) is 1.23. The highest BCUT2D eigenvalue weighted by Gasteiger charge is 2.16. The molecule has 0 bridgehead atoms. The maximum Gasteiger partial charge on any atom is 0.0876 e. The monoisotopic (exact) mass is 328 g/mol. The van der Waals surface area contributed by atoms with Gasteiger partial charge in [0.2, 0.25) is 0 Å². The topological polar surface area (TPSA) is 47.3 Å². The first-order valence-corrected chi connectivity index (χ1v) is 7.73. The predicted octanol–water partition coefficient (Wildman–Crippen LogP) is 3.07. The molecule has 0 aromatic heterocycles. The molecule has 3 N–H and O–H groups in total. The molecule has 1 atom stereocenters. The second-order valence-electron chi connectivity index (χ2n) is 4.13. The van der Waals surface area contributed by atoms with Gasteiger partial charge in [-0.3, -0.25) is 11.3 Å². The van der Waals surface area contributed by atoms with Gasteiger partial charge < -0.3 is 4.74 Å². The van der Waals surface area contributed by atoms with Crippen molar-refractivity contribution in [2.24, 2.45) is 5.84 Å². The summed E-state index contributed by atoms with van der Waals surface area (Å²) in [5.41, 5.74) is 4.13. The summed E-state index contributed by atoms with van der Waals surface area (Å²) in [6, 6.07) is 8.39. The van der Waals surface area contributed by atoms with Gasteiger partial charge in [-0.1, -0.05) is 12.1 Å². The van der Waals surface area contributed by atoms with Gasteiger partial charge in [-0.15, -0.1) is 11.8 Å². The second kappa shape index (κ2) is 7.19. The zero-order valence-electron chi connectivity index (χ0n) is 10.1. The van der Waals surface area contributed by atoms with E-state index in [9.17, 15) is 0 Å². The molecule has 1 aromatic rings. The van der Waals surface area contributed by atoms with E-state index < -0.39 is 0 Å². The molecular formula is C13H17BrN2OS. The van der Waals surface area contributed by atoms with Crippen molar-refractivity contribution in [3.8, 4) is 0 Å². The average molecular weight is 329 g/mol. The third-order valence-corrected chi connectivity index (χ3v) is 4.97. The number of nitrogens with one attached hydrogen (secondary N) is 1. The Morgan fingerprint density at radius 3 is 2.94 bits per heavy atom. The van der Waals surface area contributed by atoms with Crippen molar-refractivity contribution in [2.75, 3.05) is 12.4 Å². The quantitative estimate of drug-likeness (QED) is 0.495. The first-order valence-electron chi connectivity index (χ1n) is 5.95. The summed E-state index contributed by atoms with van der Waals surface area (Å²) in [6.45, 7) is 0.818. The van der Waals surface area contributed by atoms with E-state index in [-0.39, 0.29) is 6.04 Å². The van der Waals surface area contributed by atoms with Crippen LogP contribution in [0.15, 0.2) is 45.5 Å². The van der Waals surface area contributed by atoms with Crippen molar-refractivity contribution in [2.45, 2.75) is 23.8 Å². The number of rotatable bonds is 5. The number of halogens is 1. The lowest BCUT2D eigenvalue weighted by atomic mass is 10.0. The third-order valence-electron chi connectivity index (χ3n) is 2.85. The molecule has 0 aliphatic carbocycles. The van der Waals surface area contributed by atoms with Crippen molar-refractivity contribution in [3.05, 3.63) is 40.6 Å². The molecule has 0 saturated heterocycles. The molecule has 98 valence electrons. The van der Waals surface area contributed by atoms with E-state index in [0.29, 0.717) is 0 Å². The second-order valence-corrected chi connectivity index (χ2v) is 6.04. The number of nitrogens with two attached hydrogens (primary N) is 1. The van der Waals surface area contributed by atoms with Gasteiger partial charge in [0.15, 0.2) is 0 Å². The van der Waals surface area contributed by atoms with Crippen LogP contribution in [0.3, 0.4) is 0 Å². The summed E-state index contributed by atoms with van der Waals surface area (Å²) in [7, 11) is 0. The fourth-order valence-corrected chi connectivity index (χ4v) is 3.50. The van der Waals surface area contributed by atoms with E-state index in [1.54, 1.807) is 11.8 Å². The molecule has 1 aliphatic rings. The SMILES string of the molecule is NNC(CSc1ccccc1Br)C1=COCCC1. The Hall–Kier alpha value is -0.490. The predicted molar refractivity (Wildman–Crippen MR) is 79.2 cm³/mol. The van der Waals surface area contributed by atoms with Gasteiger partial charge >= 0.3 is 0 Å². The lowest BCUT2D eigenvalue weighted by Gasteiger charge is -2.22. The van der Waals surface area contributed by atoms with Gasteiger partial charge in [0, 0.05) is 15.1 Å². The summed E-state index contributed by atoms with van der Waals surface area (Å²) in [5, 5.41) is 0. The minimum atomic E-state index is 0.169. The van der Waals surface area contributed by atoms with E-state index >= 15 is 0 Å². The molecule has 1 aromatic carbocycles. The van der Waals surface area contributed by atoms with Crippen LogP contribution in [0.5, 0.6) is 0 Å². The number of hydrazine groups is 1.